The Bertz CT molecular complexity index is 799. The van der Waals surface area contributed by atoms with Gasteiger partial charge in [-0.05, 0) is 24.3 Å². The summed E-state index contributed by atoms with van der Waals surface area (Å²) >= 11 is 0. The zero-order valence-electron chi connectivity index (χ0n) is 12.7. The van der Waals surface area contributed by atoms with E-state index in [1.165, 1.54) is 36.6 Å². The molecule has 2 N–H and O–H groups in total. The average Bonchev–Trinajstić information content (AvgIpc) is 3.08. The Morgan fingerprint density at radius 1 is 1.00 bits per heavy atom. The van der Waals surface area contributed by atoms with Crippen LogP contribution < -0.4 is 20.8 Å². The number of amides is 2. The van der Waals surface area contributed by atoms with Gasteiger partial charge in [0.05, 0.1) is 29.5 Å². The molecule has 0 saturated carbocycles. The van der Waals surface area contributed by atoms with E-state index < -0.39 is 36.2 Å². The number of furan rings is 1. The van der Waals surface area contributed by atoms with E-state index in [0.717, 1.165) is 0 Å². The Balaban J connectivity index is 2.18. The van der Waals surface area contributed by atoms with Crippen molar-refractivity contribution < 1.29 is 33.8 Å². The highest BCUT2D eigenvalue weighted by Gasteiger charge is 2.19. The van der Waals surface area contributed by atoms with Crippen LogP contribution in [0.3, 0.4) is 0 Å². The third-order valence-corrected chi connectivity index (χ3v) is 3.13. The minimum Gasteiger partial charge on any atom is -0.550 e. The first-order valence-corrected chi connectivity index (χ1v) is 7.04. The molecule has 0 aliphatic carbocycles. The summed E-state index contributed by atoms with van der Waals surface area (Å²) < 4.78 is 4.94. The van der Waals surface area contributed by atoms with Crippen LogP contribution in [0.1, 0.15) is 27.3 Å². The molecular weight excluding hydrogens is 332 g/mol. The summed E-state index contributed by atoms with van der Waals surface area (Å²) in [6.45, 7) is 0. The largest absolute Gasteiger partial charge is 0.550 e. The molecule has 0 saturated heterocycles. The molecule has 0 aliphatic heterocycles. The molecule has 2 amide bonds. The van der Waals surface area contributed by atoms with Crippen LogP contribution in [0.25, 0.3) is 0 Å². The van der Waals surface area contributed by atoms with Crippen molar-refractivity contribution in [2.45, 2.75) is 12.5 Å². The molecule has 2 aromatic rings. The van der Waals surface area contributed by atoms with Gasteiger partial charge in [0.1, 0.15) is 0 Å². The smallest absolute Gasteiger partial charge is 0.291 e. The van der Waals surface area contributed by atoms with Gasteiger partial charge in [-0.3, -0.25) is 9.59 Å². The number of rotatable bonds is 7. The minimum atomic E-state index is -1.77. The number of aliphatic carboxylic acids is 2. The summed E-state index contributed by atoms with van der Waals surface area (Å²) in [5.41, 5.74) is 0.0268. The van der Waals surface area contributed by atoms with Crippen LogP contribution in [0.5, 0.6) is 0 Å². The van der Waals surface area contributed by atoms with Gasteiger partial charge in [0.2, 0.25) is 0 Å². The molecule has 2 rings (SSSR count). The monoisotopic (exact) mass is 344 g/mol. The van der Waals surface area contributed by atoms with Crippen LogP contribution in [0.2, 0.25) is 0 Å². The molecular formula is C16H12N2O7-2. The van der Waals surface area contributed by atoms with Gasteiger partial charge in [-0.2, -0.15) is 0 Å². The van der Waals surface area contributed by atoms with E-state index in [1.54, 1.807) is 6.07 Å². The molecule has 25 heavy (non-hydrogen) atoms. The van der Waals surface area contributed by atoms with Crippen LogP contribution in [0.4, 0.5) is 5.69 Å². The number of benzene rings is 1. The van der Waals surface area contributed by atoms with Crippen molar-refractivity contribution in [2.75, 3.05) is 5.32 Å². The lowest BCUT2D eigenvalue weighted by atomic mass is 10.1. The normalized spacial score (nSPS) is 11.4. The quantitative estimate of drug-likeness (QED) is 0.621. The fraction of sp³-hybridized carbons (Fsp3) is 0.125. The molecule has 9 nitrogen and oxygen atoms in total. The number of hydrogen-bond donors (Lipinski definition) is 2. The molecule has 0 radical (unpaired) electrons. The van der Waals surface area contributed by atoms with Gasteiger partial charge in [0, 0.05) is 12.4 Å². The lowest BCUT2D eigenvalue weighted by Gasteiger charge is -2.21. The molecule has 9 heteroatoms. The summed E-state index contributed by atoms with van der Waals surface area (Å²) in [5.74, 6) is -4.93. The minimum absolute atomic E-state index is 0.0137. The fourth-order valence-electron chi connectivity index (χ4n) is 1.98. The standard InChI is InChI=1S/C16H14N2O7/c19-13(20)8-11(16(23)24)18-14(21)9-4-1-2-5-10(9)17-15(22)12-6-3-7-25-12/h1-7,11H,8H2,(H,17,22)(H,18,21)(H,19,20)(H,23,24)/p-2/t11-/m1/s1. The van der Waals surface area contributed by atoms with Crippen molar-refractivity contribution in [3.8, 4) is 0 Å². The maximum Gasteiger partial charge on any atom is 0.291 e. The molecule has 1 atom stereocenters. The number of nitrogens with one attached hydrogen (secondary N) is 2. The van der Waals surface area contributed by atoms with Crippen LogP contribution in [0, 0.1) is 0 Å². The van der Waals surface area contributed by atoms with Crippen molar-refractivity contribution in [3.63, 3.8) is 0 Å². The van der Waals surface area contributed by atoms with E-state index >= 15 is 0 Å². The lowest BCUT2D eigenvalue weighted by molar-refractivity contribution is -0.317. The zero-order valence-corrected chi connectivity index (χ0v) is 12.7. The Morgan fingerprint density at radius 3 is 2.32 bits per heavy atom. The fourth-order valence-corrected chi connectivity index (χ4v) is 1.98. The highest BCUT2D eigenvalue weighted by Crippen LogP contribution is 2.17. The summed E-state index contributed by atoms with van der Waals surface area (Å²) in [6, 6.07) is 6.95. The predicted octanol–water partition coefficient (Wildman–Crippen LogP) is -1.48. The Morgan fingerprint density at radius 2 is 1.72 bits per heavy atom. The van der Waals surface area contributed by atoms with Crippen molar-refractivity contribution >= 4 is 29.4 Å². The molecule has 0 spiro atoms. The lowest BCUT2D eigenvalue weighted by Crippen LogP contribution is -2.50. The molecule has 1 aromatic heterocycles. The SMILES string of the molecule is O=C([O-])C[C@@H](NC(=O)c1ccccc1NC(=O)c1ccco1)C(=O)[O-]. The highest BCUT2D eigenvalue weighted by atomic mass is 16.4. The molecule has 1 aromatic carbocycles. The van der Waals surface area contributed by atoms with E-state index in [1.807, 2.05) is 5.32 Å². The number of hydrogen-bond acceptors (Lipinski definition) is 7. The van der Waals surface area contributed by atoms with E-state index in [4.69, 9.17) is 4.42 Å². The second-order valence-corrected chi connectivity index (χ2v) is 4.90. The Kier molecular flexibility index (Phi) is 5.51. The summed E-state index contributed by atoms with van der Waals surface area (Å²) in [6.07, 6.45) is 0.354. The van der Waals surface area contributed by atoms with E-state index in [-0.39, 0.29) is 17.0 Å². The van der Waals surface area contributed by atoms with Gasteiger partial charge in [0.15, 0.2) is 5.76 Å². The molecule has 1 heterocycles. The number of para-hydroxylation sites is 1. The Labute approximate surface area is 141 Å². The second kappa shape index (κ2) is 7.77. The number of carboxylic acids is 2. The van der Waals surface area contributed by atoms with Gasteiger partial charge in [-0.15, -0.1) is 0 Å². The van der Waals surface area contributed by atoms with Crippen LogP contribution in [0.15, 0.2) is 47.1 Å². The molecule has 0 bridgehead atoms. The van der Waals surface area contributed by atoms with Gasteiger partial charge >= 0.3 is 0 Å². The number of carboxylic acid groups (broad SMARTS) is 2. The van der Waals surface area contributed by atoms with Gasteiger partial charge < -0.3 is 34.9 Å². The van der Waals surface area contributed by atoms with Gasteiger partial charge in [0.25, 0.3) is 11.8 Å². The molecule has 0 fully saturated rings. The average molecular weight is 344 g/mol. The van der Waals surface area contributed by atoms with Crippen LogP contribution in [-0.2, 0) is 9.59 Å². The second-order valence-electron chi connectivity index (χ2n) is 4.90. The molecule has 0 unspecified atom stereocenters. The number of carbonyl (C=O) groups excluding carboxylic acids is 4. The summed E-state index contributed by atoms with van der Waals surface area (Å²) in [7, 11) is 0. The Hall–Kier alpha value is -3.62. The first-order chi connectivity index (χ1) is 11.9. The summed E-state index contributed by atoms with van der Waals surface area (Å²) in [5, 5.41) is 25.9. The molecule has 130 valence electrons. The zero-order chi connectivity index (χ0) is 18.4. The maximum atomic E-state index is 12.2. The van der Waals surface area contributed by atoms with Gasteiger partial charge in [-0.25, -0.2) is 0 Å². The summed E-state index contributed by atoms with van der Waals surface area (Å²) in [4.78, 5) is 45.7. The third kappa shape index (κ3) is 4.67. The maximum absolute atomic E-state index is 12.2. The van der Waals surface area contributed by atoms with E-state index in [9.17, 15) is 29.4 Å². The first-order valence-electron chi connectivity index (χ1n) is 7.04. The van der Waals surface area contributed by atoms with E-state index in [0.29, 0.717) is 0 Å². The highest BCUT2D eigenvalue weighted by molar-refractivity contribution is 6.08. The van der Waals surface area contributed by atoms with Crippen molar-refractivity contribution in [2.24, 2.45) is 0 Å². The van der Waals surface area contributed by atoms with Crippen LogP contribution >= 0.6 is 0 Å². The van der Waals surface area contributed by atoms with Gasteiger partial charge in [-0.1, -0.05) is 12.1 Å². The molecule has 0 aliphatic rings. The number of anilines is 1. The van der Waals surface area contributed by atoms with E-state index in [2.05, 4.69) is 5.32 Å². The predicted molar refractivity (Wildman–Crippen MR) is 79.0 cm³/mol. The third-order valence-electron chi connectivity index (χ3n) is 3.13. The number of carbonyl (C=O) groups is 4. The first kappa shape index (κ1) is 17.7. The van der Waals surface area contributed by atoms with Crippen molar-refractivity contribution in [3.05, 3.63) is 54.0 Å². The van der Waals surface area contributed by atoms with Crippen molar-refractivity contribution in [1.29, 1.82) is 0 Å². The van der Waals surface area contributed by atoms with Crippen molar-refractivity contribution in [1.82, 2.24) is 5.32 Å². The topological polar surface area (TPSA) is 152 Å². The van der Waals surface area contributed by atoms with Crippen LogP contribution in [-0.4, -0.2) is 29.8 Å².